The van der Waals surface area contributed by atoms with Crippen LogP contribution in [0.25, 0.3) is 11.4 Å². The average molecular weight is 219 g/mol. The molecule has 4 N–H and O–H groups in total. The number of aromatic nitrogens is 4. The largest absolute Gasteiger partial charge is 0.493 e. The zero-order valence-electron chi connectivity index (χ0n) is 9.15. The summed E-state index contributed by atoms with van der Waals surface area (Å²) in [4.78, 5) is 7.64. The summed E-state index contributed by atoms with van der Waals surface area (Å²) >= 11 is 0. The Bertz CT molecular complexity index is 500. The predicted molar refractivity (Wildman–Crippen MR) is 59.8 cm³/mol. The van der Waals surface area contributed by atoms with Gasteiger partial charge in [-0.1, -0.05) is 6.92 Å². The van der Waals surface area contributed by atoms with Crippen LogP contribution in [0.4, 0.5) is 5.95 Å². The number of nitrogen functional groups attached to an aromatic ring is 1. The number of nitrogens with zero attached hydrogens (tertiary/aromatic N) is 3. The second-order valence-corrected chi connectivity index (χ2v) is 3.50. The van der Waals surface area contributed by atoms with Gasteiger partial charge in [-0.2, -0.15) is 10.1 Å². The van der Waals surface area contributed by atoms with Crippen LogP contribution in [0, 0.1) is 6.92 Å². The third kappa shape index (κ3) is 1.69. The monoisotopic (exact) mass is 219 g/mol. The Morgan fingerprint density at radius 3 is 2.75 bits per heavy atom. The van der Waals surface area contributed by atoms with Crippen LogP contribution in [0.1, 0.15) is 18.2 Å². The number of anilines is 1. The van der Waals surface area contributed by atoms with Crippen LogP contribution in [0.5, 0.6) is 5.88 Å². The number of H-pyrrole nitrogens is 1. The van der Waals surface area contributed by atoms with Crippen molar-refractivity contribution in [2.75, 3.05) is 5.73 Å². The zero-order valence-corrected chi connectivity index (χ0v) is 9.15. The maximum Gasteiger partial charge on any atom is 0.223 e. The van der Waals surface area contributed by atoms with E-state index in [1.807, 2.05) is 13.8 Å². The first kappa shape index (κ1) is 10.4. The molecule has 0 aliphatic carbocycles. The lowest BCUT2D eigenvalue weighted by Gasteiger charge is -2.00. The molecule has 2 aromatic heterocycles. The Balaban J connectivity index is 2.54. The normalized spacial score (nSPS) is 10.6. The van der Waals surface area contributed by atoms with Crippen molar-refractivity contribution in [3.63, 3.8) is 0 Å². The lowest BCUT2D eigenvalue weighted by Crippen LogP contribution is -1.97. The molecule has 0 aliphatic heterocycles. The summed E-state index contributed by atoms with van der Waals surface area (Å²) in [5, 5.41) is 16.4. The van der Waals surface area contributed by atoms with Gasteiger partial charge in [-0.05, 0) is 18.9 Å². The third-order valence-corrected chi connectivity index (χ3v) is 2.44. The molecule has 6 nitrogen and oxygen atoms in total. The summed E-state index contributed by atoms with van der Waals surface area (Å²) in [5.41, 5.74) is 8.75. The Hall–Kier alpha value is -2.11. The molecular formula is C10H13N5O. The molecule has 6 heteroatoms. The van der Waals surface area contributed by atoms with E-state index in [1.165, 1.54) is 6.07 Å². The molecule has 0 unspecified atom stereocenters. The lowest BCUT2D eigenvalue weighted by atomic mass is 10.1. The second-order valence-electron chi connectivity index (χ2n) is 3.50. The molecule has 0 aliphatic rings. The van der Waals surface area contributed by atoms with E-state index in [0.29, 0.717) is 11.4 Å². The Morgan fingerprint density at radius 1 is 1.44 bits per heavy atom. The van der Waals surface area contributed by atoms with Gasteiger partial charge in [0.2, 0.25) is 11.8 Å². The van der Waals surface area contributed by atoms with Crippen LogP contribution in [0.15, 0.2) is 6.07 Å². The highest BCUT2D eigenvalue weighted by Gasteiger charge is 2.12. The highest BCUT2D eigenvalue weighted by atomic mass is 16.3. The molecule has 0 aromatic carbocycles. The van der Waals surface area contributed by atoms with Crippen LogP contribution in [0.3, 0.4) is 0 Å². The number of aryl methyl sites for hydroxylation is 1. The summed E-state index contributed by atoms with van der Waals surface area (Å²) in [7, 11) is 0. The molecule has 2 aromatic rings. The molecule has 0 atom stereocenters. The lowest BCUT2D eigenvalue weighted by molar-refractivity contribution is 0.453. The Morgan fingerprint density at radius 2 is 2.19 bits per heavy atom. The summed E-state index contributed by atoms with van der Waals surface area (Å²) in [6.07, 6.45) is 0.866. The minimum absolute atomic E-state index is 0.0375. The van der Waals surface area contributed by atoms with Gasteiger partial charge < -0.3 is 10.8 Å². The third-order valence-electron chi connectivity index (χ3n) is 2.44. The summed E-state index contributed by atoms with van der Waals surface area (Å²) in [6, 6.07) is 1.44. The minimum atomic E-state index is -0.150. The second kappa shape index (κ2) is 3.80. The Kier molecular flexibility index (Phi) is 2.47. The van der Waals surface area contributed by atoms with E-state index in [2.05, 4.69) is 20.2 Å². The molecule has 0 fully saturated rings. The van der Waals surface area contributed by atoms with Gasteiger partial charge in [0.05, 0.1) is 0 Å². The fourth-order valence-corrected chi connectivity index (χ4v) is 1.60. The Labute approximate surface area is 92.6 Å². The predicted octanol–water partition coefficient (Wildman–Crippen LogP) is 1.03. The number of nitrogens with two attached hydrogens (primary N) is 1. The molecule has 2 heterocycles. The van der Waals surface area contributed by atoms with Crippen molar-refractivity contribution in [2.24, 2.45) is 0 Å². The van der Waals surface area contributed by atoms with Crippen molar-refractivity contribution in [2.45, 2.75) is 20.3 Å². The molecule has 0 radical (unpaired) electrons. The molecule has 2 rings (SSSR count). The van der Waals surface area contributed by atoms with Gasteiger partial charge in [0.15, 0.2) is 0 Å². The van der Waals surface area contributed by atoms with Crippen LogP contribution < -0.4 is 5.73 Å². The van der Waals surface area contributed by atoms with Gasteiger partial charge in [0.25, 0.3) is 0 Å². The van der Waals surface area contributed by atoms with Crippen molar-refractivity contribution in [1.82, 2.24) is 20.2 Å². The number of hydrogen-bond acceptors (Lipinski definition) is 5. The molecule has 0 saturated carbocycles. The van der Waals surface area contributed by atoms with E-state index in [0.717, 1.165) is 17.7 Å². The van der Waals surface area contributed by atoms with E-state index in [9.17, 15) is 5.11 Å². The summed E-state index contributed by atoms with van der Waals surface area (Å²) in [5.74, 6) is -0.113. The van der Waals surface area contributed by atoms with Gasteiger partial charge in [0, 0.05) is 11.8 Å². The van der Waals surface area contributed by atoms with Gasteiger partial charge in [-0.15, -0.1) is 0 Å². The fraction of sp³-hybridized carbons (Fsp3) is 0.300. The van der Waals surface area contributed by atoms with Crippen molar-refractivity contribution in [1.29, 1.82) is 0 Å². The van der Waals surface area contributed by atoms with Crippen molar-refractivity contribution >= 4 is 5.95 Å². The molecule has 16 heavy (non-hydrogen) atoms. The molecule has 0 saturated heterocycles. The molecule has 0 bridgehead atoms. The van der Waals surface area contributed by atoms with E-state index in [4.69, 9.17) is 5.73 Å². The van der Waals surface area contributed by atoms with Crippen molar-refractivity contribution < 1.29 is 5.11 Å². The van der Waals surface area contributed by atoms with E-state index < -0.39 is 0 Å². The van der Waals surface area contributed by atoms with Crippen LogP contribution in [-0.4, -0.2) is 25.3 Å². The number of aromatic hydroxyl groups is 1. The zero-order chi connectivity index (χ0) is 11.7. The fourth-order valence-electron chi connectivity index (χ4n) is 1.60. The average Bonchev–Trinajstić information content (AvgIpc) is 2.58. The van der Waals surface area contributed by atoms with Crippen molar-refractivity contribution in [3.05, 3.63) is 17.3 Å². The van der Waals surface area contributed by atoms with Gasteiger partial charge in [-0.25, -0.2) is 4.98 Å². The molecule has 0 amide bonds. The smallest absolute Gasteiger partial charge is 0.223 e. The van der Waals surface area contributed by atoms with Gasteiger partial charge in [0.1, 0.15) is 11.4 Å². The van der Waals surface area contributed by atoms with E-state index >= 15 is 0 Å². The van der Waals surface area contributed by atoms with E-state index in [1.54, 1.807) is 0 Å². The summed E-state index contributed by atoms with van der Waals surface area (Å²) < 4.78 is 0. The quantitative estimate of drug-likeness (QED) is 0.700. The number of aromatic amines is 1. The standard InChI is InChI=1S/C10H13N5O/c1-3-6-5(2)9(15-14-6)7-4-8(16)13-10(11)12-7/h4H,3H2,1-2H3,(H,14,15)(H3,11,12,13,16). The highest BCUT2D eigenvalue weighted by molar-refractivity contribution is 5.61. The van der Waals surface area contributed by atoms with Gasteiger partial charge in [-0.3, -0.25) is 5.10 Å². The van der Waals surface area contributed by atoms with Crippen LogP contribution in [0.2, 0.25) is 0 Å². The van der Waals surface area contributed by atoms with E-state index in [-0.39, 0.29) is 11.8 Å². The molecular weight excluding hydrogens is 206 g/mol. The number of hydrogen-bond donors (Lipinski definition) is 3. The first-order chi connectivity index (χ1) is 7.61. The topological polar surface area (TPSA) is 101 Å². The maximum absolute atomic E-state index is 9.34. The number of nitrogens with one attached hydrogen (secondary N) is 1. The van der Waals surface area contributed by atoms with Crippen LogP contribution in [-0.2, 0) is 6.42 Å². The molecule has 0 spiro atoms. The van der Waals surface area contributed by atoms with Crippen LogP contribution >= 0.6 is 0 Å². The SMILES string of the molecule is CCc1[nH]nc(-c2cc(O)nc(N)n2)c1C. The first-order valence-corrected chi connectivity index (χ1v) is 4.99. The maximum atomic E-state index is 9.34. The first-order valence-electron chi connectivity index (χ1n) is 4.99. The molecule has 84 valence electrons. The van der Waals surface area contributed by atoms with Gasteiger partial charge >= 0.3 is 0 Å². The highest BCUT2D eigenvalue weighted by Crippen LogP contribution is 2.24. The number of rotatable bonds is 2. The summed E-state index contributed by atoms with van der Waals surface area (Å²) in [6.45, 7) is 3.99. The van der Waals surface area contributed by atoms with Crippen molar-refractivity contribution in [3.8, 4) is 17.3 Å². The minimum Gasteiger partial charge on any atom is -0.493 e.